The quantitative estimate of drug-likeness (QED) is 0.135. The van der Waals surface area contributed by atoms with Crippen LogP contribution in [0.25, 0.3) is 0 Å². The molecule has 0 saturated carbocycles. The van der Waals surface area contributed by atoms with Crippen LogP contribution < -0.4 is 0 Å². The number of epoxide rings is 1. The summed E-state index contributed by atoms with van der Waals surface area (Å²) in [7, 11) is 0. The van der Waals surface area contributed by atoms with Crippen LogP contribution in [0.15, 0.2) is 36.0 Å². The third kappa shape index (κ3) is 10.4. The molecule has 0 bridgehead atoms. The lowest BCUT2D eigenvalue weighted by molar-refractivity contribution is -0.159. The Morgan fingerprint density at radius 3 is 2.62 bits per heavy atom. The van der Waals surface area contributed by atoms with Gasteiger partial charge in [-0.15, -0.1) is 0 Å². The van der Waals surface area contributed by atoms with Gasteiger partial charge in [-0.1, -0.05) is 52.0 Å². The normalized spacial score (nSPS) is 35.2. The third-order valence-corrected chi connectivity index (χ3v) is 7.91. The van der Waals surface area contributed by atoms with Crippen molar-refractivity contribution < 1.29 is 44.2 Å². The van der Waals surface area contributed by atoms with Crippen LogP contribution >= 0.6 is 0 Å². The van der Waals surface area contributed by atoms with E-state index in [0.29, 0.717) is 18.4 Å². The van der Waals surface area contributed by atoms with Crippen molar-refractivity contribution in [3.8, 4) is 0 Å². The van der Waals surface area contributed by atoms with Crippen molar-refractivity contribution in [2.24, 2.45) is 11.8 Å². The van der Waals surface area contributed by atoms with Gasteiger partial charge in [0.05, 0.1) is 36.4 Å². The lowest BCUT2D eigenvalue weighted by Gasteiger charge is -2.32. The Balaban J connectivity index is 2.19. The van der Waals surface area contributed by atoms with Crippen molar-refractivity contribution >= 4 is 11.9 Å². The van der Waals surface area contributed by atoms with E-state index in [1.807, 2.05) is 27.7 Å². The molecular formula is C31H50O9. The first kappa shape index (κ1) is 34.2. The van der Waals surface area contributed by atoms with Gasteiger partial charge in [-0.3, -0.25) is 9.59 Å². The predicted octanol–water partition coefficient (Wildman–Crippen LogP) is 3.53. The number of hydrogen-bond acceptors (Lipinski definition) is 9. The Kier molecular flexibility index (Phi) is 12.6. The summed E-state index contributed by atoms with van der Waals surface area (Å²) in [6.07, 6.45) is 6.44. The Bertz CT molecular complexity index is 935. The van der Waals surface area contributed by atoms with Gasteiger partial charge in [-0.25, -0.2) is 0 Å². The fraction of sp³-hybridized carbons (Fsp3) is 0.742. The summed E-state index contributed by atoms with van der Waals surface area (Å²) in [6, 6.07) is 0. The van der Waals surface area contributed by atoms with Gasteiger partial charge in [0.25, 0.3) is 0 Å². The molecule has 2 aliphatic rings. The monoisotopic (exact) mass is 566 g/mol. The molecule has 0 amide bonds. The summed E-state index contributed by atoms with van der Waals surface area (Å²) in [5, 5.41) is 42.4. The second-order valence-corrected chi connectivity index (χ2v) is 12.0. The number of carbonyl (C=O) groups is 2. The van der Waals surface area contributed by atoms with Crippen LogP contribution in [0, 0.1) is 11.8 Å². The average Bonchev–Trinajstić information content (AvgIpc) is 3.64. The second kappa shape index (κ2) is 14.7. The first-order valence-corrected chi connectivity index (χ1v) is 14.5. The van der Waals surface area contributed by atoms with E-state index in [9.17, 15) is 30.0 Å². The molecule has 228 valence electrons. The maximum Gasteiger partial charge on any atom is 0.309 e. The molecule has 10 unspecified atom stereocenters. The molecule has 1 saturated heterocycles. The van der Waals surface area contributed by atoms with E-state index < -0.39 is 47.6 Å². The zero-order chi connectivity index (χ0) is 30.3. The van der Waals surface area contributed by atoms with Crippen LogP contribution in [0.3, 0.4) is 0 Å². The smallest absolute Gasteiger partial charge is 0.309 e. The molecule has 9 heteroatoms. The van der Waals surface area contributed by atoms with E-state index in [1.165, 1.54) is 0 Å². The van der Waals surface area contributed by atoms with Crippen LogP contribution in [0.2, 0.25) is 0 Å². The molecule has 2 rings (SSSR count). The summed E-state index contributed by atoms with van der Waals surface area (Å²) in [6.45, 7) is 12.4. The van der Waals surface area contributed by atoms with E-state index in [4.69, 9.17) is 14.2 Å². The minimum atomic E-state index is -1.43. The summed E-state index contributed by atoms with van der Waals surface area (Å²) < 4.78 is 17.0. The molecule has 40 heavy (non-hydrogen) atoms. The fourth-order valence-corrected chi connectivity index (χ4v) is 5.03. The second-order valence-electron chi connectivity index (χ2n) is 12.0. The minimum absolute atomic E-state index is 0.00504. The average molecular weight is 567 g/mol. The zero-order valence-corrected chi connectivity index (χ0v) is 25.1. The summed E-state index contributed by atoms with van der Waals surface area (Å²) >= 11 is 0. The number of cyclic esters (lactones) is 1. The summed E-state index contributed by atoms with van der Waals surface area (Å²) in [5.74, 6) is -1.37. The van der Waals surface area contributed by atoms with Gasteiger partial charge in [0.1, 0.15) is 17.8 Å². The molecule has 1 fully saturated rings. The van der Waals surface area contributed by atoms with Gasteiger partial charge in [-0.2, -0.15) is 0 Å². The number of ether oxygens (including phenoxy) is 3. The van der Waals surface area contributed by atoms with Crippen LogP contribution in [0.1, 0.15) is 87.0 Å². The van der Waals surface area contributed by atoms with Crippen molar-refractivity contribution in [3.05, 3.63) is 36.0 Å². The van der Waals surface area contributed by atoms with Gasteiger partial charge < -0.3 is 34.6 Å². The van der Waals surface area contributed by atoms with Crippen LogP contribution in [-0.2, 0) is 23.8 Å². The summed E-state index contributed by atoms with van der Waals surface area (Å²) in [4.78, 5) is 24.7. The van der Waals surface area contributed by atoms with Gasteiger partial charge in [-0.05, 0) is 51.7 Å². The molecule has 4 N–H and O–H groups in total. The van der Waals surface area contributed by atoms with Crippen LogP contribution in [0.4, 0.5) is 0 Å². The number of esters is 2. The maximum atomic E-state index is 12.6. The molecule has 0 aromatic rings. The number of hydrogen-bond donors (Lipinski definition) is 4. The predicted molar refractivity (Wildman–Crippen MR) is 151 cm³/mol. The zero-order valence-electron chi connectivity index (χ0n) is 25.1. The topological polar surface area (TPSA) is 146 Å². The molecule has 0 spiro atoms. The van der Waals surface area contributed by atoms with Gasteiger partial charge in [0.2, 0.25) is 0 Å². The highest BCUT2D eigenvalue weighted by Crippen LogP contribution is 2.37. The van der Waals surface area contributed by atoms with E-state index in [1.54, 1.807) is 51.2 Å². The molecule has 2 heterocycles. The van der Waals surface area contributed by atoms with E-state index in [2.05, 4.69) is 0 Å². The molecule has 10 atom stereocenters. The fourth-order valence-electron chi connectivity index (χ4n) is 5.03. The minimum Gasteiger partial charge on any atom is -0.457 e. The molecular weight excluding hydrogens is 516 g/mol. The molecule has 0 aliphatic carbocycles. The molecule has 0 radical (unpaired) electrons. The van der Waals surface area contributed by atoms with Crippen molar-refractivity contribution in [1.29, 1.82) is 0 Å². The Morgan fingerprint density at radius 2 is 2.00 bits per heavy atom. The van der Waals surface area contributed by atoms with Crippen molar-refractivity contribution in [2.75, 3.05) is 0 Å². The van der Waals surface area contributed by atoms with E-state index in [0.717, 1.165) is 0 Å². The number of aliphatic hydroxyl groups is 4. The van der Waals surface area contributed by atoms with Crippen molar-refractivity contribution in [2.45, 2.75) is 135 Å². The van der Waals surface area contributed by atoms with Gasteiger partial charge in [0, 0.05) is 24.7 Å². The maximum absolute atomic E-state index is 12.6. The number of carbonyl (C=O) groups excluding carboxylic acids is 2. The Morgan fingerprint density at radius 1 is 1.32 bits per heavy atom. The lowest BCUT2D eigenvalue weighted by atomic mass is 9.88. The number of aliphatic hydroxyl groups excluding tert-OH is 2. The Labute approximate surface area is 238 Å². The highest BCUT2D eigenvalue weighted by molar-refractivity contribution is 5.70. The van der Waals surface area contributed by atoms with Gasteiger partial charge in [0.15, 0.2) is 0 Å². The van der Waals surface area contributed by atoms with Gasteiger partial charge >= 0.3 is 11.9 Å². The highest BCUT2D eigenvalue weighted by atomic mass is 16.6. The lowest BCUT2D eigenvalue weighted by Crippen LogP contribution is -2.42. The van der Waals surface area contributed by atoms with Crippen molar-refractivity contribution in [1.82, 2.24) is 0 Å². The largest absolute Gasteiger partial charge is 0.457 e. The highest BCUT2D eigenvalue weighted by Gasteiger charge is 2.47. The van der Waals surface area contributed by atoms with E-state index in [-0.39, 0.29) is 49.7 Å². The van der Waals surface area contributed by atoms with E-state index >= 15 is 0 Å². The first-order chi connectivity index (χ1) is 18.6. The van der Waals surface area contributed by atoms with Crippen molar-refractivity contribution in [3.63, 3.8) is 0 Å². The first-order valence-electron chi connectivity index (χ1n) is 14.5. The third-order valence-electron chi connectivity index (χ3n) is 7.91. The molecule has 2 aliphatic heterocycles. The molecule has 9 nitrogen and oxygen atoms in total. The summed E-state index contributed by atoms with van der Waals surface area (Å²) in [5.41, 5.74) is -1.87. The number of allylic oxidation sites excluding steroid dienone is 2. The Hall–Kier alpha value is -2.04. The van der Waals surface area contributed by atoms with Crippen LogP contribution in [-0.4, -0.2) is 80.2 Å². The number of rotatable bonds is 10. The SMILES string of the molecule is CCC(=O)OC1C=CC(C)C(C(C)=CC=CC(C)(O)CC2OC2C(C)C(O)CC)OC(=O)CC(O)CCC1(C)O. The standard InChI is InChI=1S/C31H50O9/c1-8-23(33)21(5)29-24(38-29)18-30(6,36)15-10-11-19(3)28-20(4)12-13-25(39-26(34)9-2)31(7,37)16-14-22(32)17-27(35)40-28/h10-13,15,20-25,28-29,32-33,36-37H,8-9,14,16-18H2,1-7H3. The molecule has 0 aromatic carbocycles. The van der Waals surface area contributed by atoms with Crippen LogP contribution in [0.5, 0.6) is 0 Å². The molecule has 0 aromatic heterocycles.